The van der Waals surface area contributed by atoms with E-state index in [1.807, 2.05) is 16.5 Å². The number of carbonyl (C=O) groups excluding carboxylic acids is 1. The number of carbonyl (C=O) groups is 1. The molecule has 1 aromatic heterocycles. The molecule has 0 bridgehead atoms. The molecule has 104 valence electrons. The van der Waals surface area contributed by atoms with Crippen molar-refractivity contribution in [2.24, 2.45) is 0 Å². The van der Waals surface area contributed by atoms with E-state index in [4.69, 9.17) is 0 Å². The molecule has 19 heavy (non-hydrogen) atoms. The summed E-state index contributed by atoms with van der Waals surface area (Å²) >= 11 is 1.63. The molecule has 2 fully saturated rings. The number of likely N-dealkylation sites (tertiary alicyclic amines) is 1. The highest BCUT2D eigenvalue weighted by molar-refractivity contribution is 7.09. The van der Waals surface area contributed by atoms with Gasteiger partial charge in [0.15, 0.2) is 0 Å². The number of hydrogen-bond acceptors (Lipinski definition) is 4. The molecule has 0 spiro atoms. The van der Waals surface area contributed by atoms with Gasteiger partial charge in [-0.1, -0.05) is 0 Å². The molecule has 1 N–H and O–H groups in total. The summed E-state index contributed by atoms with van der Waals surface area (Å²) in [5.41, 5.74) is -0.296. The first kappa shape index (κ1) is 13.1. The predicted molar refractivity (Wildman–Crippen MR) is 76.0 cm³/mol. The molecule has 1 saturated heterocycles. The van der Waals surface area contributed by atoms with Crippen molar-refractivity contribution < 1.29 is 4.79 Å². The third-order valence-corrected chi connectivity index (χ3v) is 5.17. The van der Waals surface area contributed by atoms with Gasteiger partial charge in [0.2, 0.25) is 5.91 Å². The Morgan fingerprint density at radius 3 is 2.84 bits per heavy atom. The third kappa shape index (κ3) is 2.54. The van der Waals surface area contributed by atoms with Crippen molar-refractivity contribution in [1.82, 2.24) is 15.2 Å². The van der Waals surface area contributed by atoms with Gasteiger partial charge in [-0.05, 0) is 39.5 Å². The fourth-order valence-corrected chi connectivity index (χ4v) is 3.53. The molecule has 1 atom stereocenters. The average Bonchev–Trinajstić information content (AvgIpc) is 3.02. The van der Waals surface area contributed by atoms with E-state index in [0.29, 0.717) is 6.04 Å². The van der Waals surface area contributed by atoms with Gasteiger partial charge in [-0.15, -0.1) is 11.3 Å². The maximum absolute atomic E-state index is 12.7. The molecule has 4 nitrogen and oxygen atoms in total. The van der Waals surface area contributed by atoms with Crippen LogP contribution < -0.4 is 5.32 Å². The van der Waals surface area contributed by atoms with Crippen molar-refractivity contribution in [3.05, 3.63) is 16.6 Å². The first-order chi connectivity index (χ1) is 9.09. The maximum Gasteiger partial charge on any atom is 0.240 e. The van der Waals surface area contributed by atoms with Gasteiger partial charge in [0.1, 0.15) is 5.01 Å². The zero-order valence-electron chi connectivity index (χ0n) is 11.6. The number of nitrogens with zero attached hydrogens (tertiary/aromatic N) is 2. The lowest BCUT2D eigenvalue weighted by Crippen LogP contribution is -2.57. The van der Waals surface area contributed by atoms with E-state index in [2.05, 4.69) is 24.1 Å². The van der Waals surface area contributed by atoms with Crippen LogP contribution in [0.1, 0.15) is 44.5 Å². The van der Waals surface area contributed by atoms with Gasteiger partial charge < -0.3 is 10.2 Å². The van der Waals surface area contributed by atoms with E-state index in [1.54, 1.807) is 11.3 Å². The topological polar surface area (TPSA) is 45.2 Å². The van der Waals surface area contributed by atoms with E-state index in [-0.39, 0.29) is 17.5 Å². The normalized spacial score (nSPS) is 24.8. The molecule has 5 heteroatoms. The Morgan fingerprint density at radius 1 is 1.42 bits per heavy atom. The number of nitrogens with one attached hydrogen (secondary N) is 1. The lowest BCUT2D eigenvalue weighted by Gasteiger charge is -2.42. The number of rotatable bonds is 4. The zero-order valence-corrected chi connectivity index (χ0v) is 12.4. The van der Waals surface area contributed by atoms with Crippen molar-refractivity contribution in [2.75, 3.05) is 6.54 Å². The highest BCUT2D eigenvalue weighted by Crippen LogP contribution is 2.33. The quantitative estimate of drug-likeness (QED) is 0.918. The highest BCUT2D eigenvalue weighted by atomic mass is 32.1. The number of hydrogen-bond donors (Lipinski definition) is 1. The van der Waals surface area contributed by atoms with Crippen LogP contribution in [0.15, 0.2) is 11.6 Å². The van der Waals surface area contributed by atoms with Crippen molar-refractivity contribution in [3.63, 3.8) is 0 Å². The molecular formula is C14H21N3OS. The molecule has 1 aromatic rings. The van der Waals surface area contributed by atoms with Crippen LogP contribution in [0.5, 0.6) is 0 Å². The predicted octanol–water partition coefficient (Wildman–Crippen LogP) is 2.12. The standard InChI is InChI=1S/C14H21N3OS/c1-14(2,13-15-7-9-19-13)17-8-3-4-11(12(17)18)16-10-5-6-10/h7,9-11,16H,3-6,8H2,1-2H3. The second-order valence-corrected chi connectivity index (χ2v) is 6.92. The summed E-state index contributed by atoms with van der Waals surface area (Å²) in [4.78, 5) is 19.1. The van der Waals surface area contributed by atoms with E-state index in [1.165, 1.54) is 12.8 Å². The van der Waals surface area contributed by atoms with Crippen molar-refractivity contribution in [3.8, 4) is 0 Å². The first-order valence-corrected chi connectivity index (χ1v) is 7.94. The number of thiazole rings is 1. The number of piperidine rings is 1. The lowest BCUT2D eigenvalue weighted by atomic mass is 9.96. The zero-order chi connectivity index (χ0) is 13.5. The highest BCUT2D eigenvalue weighted by Gasteiger charge is 2.41. The number of aromatic nitrogens is 1. The first-order valence-electron chi connectivity index (χ1n) is 7.06. The van der Waals surface area contributed by atoms with Gasteiger partial charge in [0.25, 0.3) is 0 Å². The number of amides is 1. The van der Waals surface area contributed by atoms with E-state index in [0.717, 1.165) is 24.4 Å². The Hall–Kier alpha value is -0.940. The van der Waals surface area contributed by atoms with Crippen LogP contribution in [-0.2, 0) is 10.3 Å². The van der Waals surface area contributed by atoms with Crippen molar-refractivity contribution in [2.45, 2.75) is 57.2 Å². The smallest absolute Gasteiger partial charge is 0.240 e. The fourth-order valence-electron chi connectivity index (χ4n) is 2.76. The molecule has 2 heterocycles. The van der Waals surface area contributed by atoms with Gasteiger partial charge in [-0.25, -0.2) is 4.98 Å². The third-order valence-electron chi connectivity index (χ3n) is 4.08. The second-order valence-electron chi connectivity index (χ2n) is 6.02. The Morgan fingerprint density at radius 2 is 2.21 bits per heavy atom. The van der Waals surface area contributed by atoms with E-state index >= 15 is 0 Å². The molecule has 0 aromatic carbocycles. The lowest BCUT2D eigenvalue weighted by molar-refractivity contribution is -0.142. The Kier molecular flexibility index (Phi) is 3.35. The summed E-state index contributed by atoms with van der Waals surface area (Å²) < 4.78 is 0. The second kappa shape index (κ2) is 4.87. The van der Waals surface area contributed by atoms with Gasteiger partial charge in [-0.3, -0.25) is 4.79 Å². The van der Waals surface area contributed by atoms with Crippen molar-refractivity contribution >= 4 is 17.2 Å². The molecule has 3 rings (SSSR count). The Balaban J connectivity index is 1.77. The summed E-state index contributed by atoms with van der Waals surface area (Å²) in [6, 6.07) is 0.595. The molecule has 1 unspecified atom stereocenters. The van der Waals surface area contributed by atoms with Crippen LogP contribution in [0.3, 0.4) is 0 Å². The van der Waals surface area contributed by atoms with E-state index in [9.17, 15) is 4.79 Å². The Bertz CT molecular complexity index is 453. The molecule has 1 aliphatic heterocycles. The van der Waals surface area contributed by atoms with Crippen molar-refractivity contribution in [1.29, 1.82) is 0 Å². The minimum absolute atomic E-state index is 0.0143. The fraction of sp³-hybridized carbons (Fsp3) is 0.714. The summed E-state index contributed by atoms with van der Waals surface area (Å²) in [6.45, 7) is 5.04. The molecule has 1 amide bonds. The van der Waals surface area contributed by atoms with Crippen LogP contribution in [0, 0.1) is 0 Å². The largest absolute Gasteiger partial charge is 0.330 e. The Labute approximate surface area is 118 Å². The minimum atomic E-state index is -0.296. The molecule has 1 aliphatic carbocycles. The van der Waals surface area contributed by atoms with Gasteiger partial charge >= 0.3 is 0 Å². The van der Waals surface area contributed by atoms with Crippen LogP contribution in [-0.4, -0.2) is 34.4 Å². The SMILES string of the molecule is CC(C)(c1nccs1)N1CCCC(NC2CC2)C1=O. The van der Waals surface area contributed by atoms with Gasteiger partial charge in [0, 0.05) is 24.2 Å². The molecule has 2 aliphatic rings. The summed E-state index contributed by atoms with van der Waals surface area (Å²) in [6.07, 6.45) is 6.31. The maximum atomic E-state index is 12.7. The summed E-state index contributed by atoms with van der Waals surface area (Å²) in [7, 11) is 0. The monoisotopic (exact) mass is 279 g/mol. The summed E-state index contributed by atoms with van der Waals surface area (Å²) in [5.74, 6) is 0.248. The van der Waals surface area contributed by atoms with Crippen LogP contribution in [0.25, 0.3) is 0 Å². The summed E-state index contributed by atoms with van der Waals surface area (Å²) in [5, 5.41) is 6.48. The van der Waals surface area contributed by atoms with Crippen LogP contribution in [0.2, 0.25) is 0 Å². The molecule has 0 radical (unpaired) electrons. The minimum Gasteiger partial charge on any atom is -0.330 e. The van der Waals surface area contributed by atoms with Crippen LogP contribution in [0.4, 0.5) is 0 Å². The van der Waals surface area contributed by atoms with E-state index < -0.39 is 0 Å². The van der Waals surface area contributed by atoms with Gasteiger partial charge in [-0.2, -0.15) is 0 Å². The van der Waals surface area contributed by atoms with Gasteiger partial charge in [0.05, 0.1) is 11.6 Å². The molecule has 1 saturated carbocycles. The van der Waals surface area contributed by atoms with Crippen LogP contribution >= 0.6 is 11.3 Å². The molecular weight excluding hydrogens is 258 g/mol. The average molecular weight is 279 g/mol.